The molecule has 0 unspecified atom stereocenters. The summed E-state index contributed by atoms with van der Waals surface area (Å²) in [6.45, 7) is 7.54. The van der Waals surface area contributed by atoms with Crippen LogP contribution < -0.4 is 21.6 Å². The van der Waals surface area contributed by atoms with E-state index in [1.807, 2.05) is 18.7 Å². The van der Waals surface area contributed by atoms with Crippen molar-refractivity contribution >= 4 is 29.3 Å². The number of piperazine rings is 1. The lowest BCUT2D eigenvalue weighted by atomic mass is 10.1. The summed E-state index contributed by atoms with van der Waals surface area (Å²) in [7, 11) is 0. The number of halogens is 2. The molecular formula is C27H31F2N7O2. The van der Waals surface area contributed by atoms with Gasteiger partial charge < -0.3 is 21.1 Å². The Balaban J connectivity index is 2.03. The van der Waals surface area contributed by atoms with Crippen molar-refractivity contribution in [3.8, 4) is 17.0 Å². The van der Waals surface area contributed by atoms with Gasteiger partial charge in [-0.25, -0.2) is 23.1 Å². The van der Waals surface area contributed by atoms with E-state index >= 15 is 4.39 Å². The minimum atomic E-state index is -0.853. The second-order valence-corrected chi connectivity index (χ2v) is 9.22. The summed E-state index contributed by atoms with van der Waals surface area (Å²) in [6.07, 6.45) is 5.93. The van der Waals surface area contributed by atoms with Crippen molar-refractivity contribution in [3.05, 3.63) is 63.9 Å². The Bertz CT molecular complexity index is 1470. The number of aromatic hydroxyl groups is 1. The van der Waals surface area contributed by atoms with Gasteiger partial charge in [0.1, 0.15) is 23.1 Å². The number of pyridine rings is 1. The number of fused-ring (bicyclic) bond motifs is 1. The lowest BCUT2D eigenvalue weighted by Crippen LogP contribution is -2.50. The van der Waals surface area contributed by atoms with Gasteiger partial charge in [-0.15, -0.1) is 0 Å². The first-order valence-corrected chi connectivity index (χ1v) is 12.5. The summed E-state index contributed by atoms with van der Waals surface area (Å²) in [6, 6.07) is 4.84. The number of benzene rings is 1. The number of allylic oxidation sites excluding steroid dienone is 3. The molecule has 0 bridgehead atoms. The highest BCUT2D eigenvalue weighted by molar-refractivity contribution is 5.91. The van der Waals surface area contributed by atoms with Gasteiger partial charge in [-0.3, -0.25) is 4.99 Å². The van der Waals surface area contributed by atoms with Gasteiger partial charge in [-0.2, -0.15) is 4.98 Å². The summed E-state index contributed by atoms with van der Waals surface area (Å²) >= 11 is 0. The van der Waals surface area contributed by atoms with Crippen LogP contribution in [0, 0.1) is 11.6 Å². The largest absolute Gasteiger partial charge is 0.507 e. The molecule has 0 saturated carbocycles. The van der Waals surface area contributed by atoms with Gasteiger partial charge in [0.15, 0.2) is 11.5 Å². The molecule has 0 aliphatic carbocycles. The van der Waals surface area contributed by atoms with Gasteiger partial charge in [0, 0.05) is 43.8 Å². The first kappa shape index (κ1) is 26.9. The highest BCUT2D eigenvalue weighted by Crippen LogP contribution is 2.35. The van der Waals surface area contributed by atoms with Crippen molar-refractivity contribution < 1.29 is 13.9 Å². The monoisotopic (exact) mass is 523 g/mol. The summed E-state index contributed by atoms with van der Waals surface area (Å²) in [5, 5.41) is 13.9. The molecule has 1 saturated heterocycles. The SMILES string of the molecule is CCCC(=C\n1c(=O)nc(N2CCNC[C@@H]2C)c2cc(F)c(-c3c(O)cccc3F)nc21)/N=C\C=C(\C)N. The fraction of sp³-hybridized carbons (Fsp3) is 0.333. The predicted octanol–water partition coefficient (Wildman–Crippen LogP) is 3.77. The Morgan fingerprint density at radius 3 is 2.79 bits per heavy atom. The molecular weight excluding hydrogens is 492 g/mol. The molecule has 1 aliphatic heterocycles. The molecule has 1 fully saturated rings. The van der Waals surface area contributed by atoms with E-state index in [1.54, 1.807) is 13.0 Å². The van der Waals surface area contributed by atoms with E-state index in [-0.39, 0.29) is 22.6 Å². The minimum absolute atomic E-state index is 0.0184. The zero-order valence-electron chi connectivity index (χ0n) is 21.6. The van der Waals surface area contributed by atoms with E-state index in [4.69, 9.17) is 5.73 Å². The van der Waals surface area contributed by atoms with E-state index < -0.39 is 28.8 Å². The molecule has 9 nitrogen and oxygen atoms in total. The predicted molar refractivity (Wildman–Crippen MR) is 146 cm³/mol. The van der Waals surface area contributed by atoms with Crippen LogP contribution in [0.15, 0.2) is 51.5 Å². The van der Waals surface area contributed by atoms with Crippen LogP contribution in [-0.2, 0) is 0 Å². The quantitative estimate of drug-likeness (QED) is 0.403. The van der Waals surface area contributed by atoms with E-state index in [9.17, 15) is 14.3 Å². The fourth-order valence-corrected chi connectivity index (χ4v) is 4.35. The molecule has 3 heterocycles. The van der Waals surface area contributed by atoms with Crippen LogP contribution in [0.1, 0.15) is 33.6 Å². The van der Waals surface area contributed by atoms with Crippen LogP contribution in [0.5, 0.6) is 5.75 Å². The molecule has 0 amide bonds. The number of phenolic OH excluding ortho intramolecular Hbond substituents is 1. The number of hydrogen-bond donors (Lipinski definition) is 3. The molecule has 4 rings (SSSR count). The average Bonchev–Trinajstić information content (AvgIpc) is 2.86. The van der Waals surface area contributed by atoms with Crippen LogP contribution in [-0.4, -0.2) is 51.5 Å². The number of nitrogens with one attached hydrogen (secondary N) is 1. The van der Waals surface area contributed by atoms with Gasteiger partial charge >= 0.3 is 5.69 Å². The average molecular weight is 524 g/mol. The van der Waals surface area contributed by atoms with E-state index in [2.05, 4.69) is 20.3 Å². The van der Waals surface area contributed by atoms with Crippen molar-refractivity contribution in [2.45, 2.75) is 39.7 Å². The Labute approximate surface area is 219 Å². The number of hydrogen-bond acceptors (Lipinski definition) is 8. The third-order valence-electron chi connectivity index (χ3n) is 6.20. The van der Waals surface area contributed by atoms with Crippen molar-refractivity contribution in [1.82, 2.24) is 19.9 Å². The Hall–Kier alpha value is -4.12. The molecule has 3 aromatic rings. The molecule has 38 heavy (non-hydrogen) atoms. The number of aromatic nitrogens is 3. The van der Waals surface area contributed by atoms with E-state index in [0.29, 0.717) is 43.3 Å². The molecule has 1 aromatic carbocycles. The molecule has 1 aliphatic rings. The zero-order valence-corrected chi connectivity index (χ0v) is 21.6. The number of nitrogens with two attached hydrogens (primary N) is 1. The maximum absolute atomic E-state index is 15.5. The zero-order chi connectivity index (χ0) is 27.4. The summed E-state index contributed by atoms with van der Waals surface area (Å²) < 4.78 is 31.4. The van der Waals surface area contributed by atoms with Crippen LogP contribution >= 0.6 is 0 Å². The second-order valence-electron chi connectivity index (χ2n) is 9.22. The number of aliphatic imine (C=N–C) groups is 1. The summed E-state index contributed by atoms with van der Waals surface area (Å²) in [4.78, 5) is 28.5. The van der Waals surface area contributed by atoms with Gasteiger partial charge in [0.2, 0.25) is 0 Å². The normalized spacial score (nSPS) is 17.1. The molecule has 2 aromatic heterocycles. The van der Waals surface area contributed by atoms with Gasteiger partial charge in [-0.1, -0.05) is 19.4 Å². The first-order chi connectivity index (χ1) is 18.2. The van der Waals surface area contributed by atoms with Crippen molar-refractivity contribution in [2.75, 3.05) is 24.5 Å². The highest BCUT2D eigenvalue weighted by Gasteiger charge is 2.26. The Morgan fingerprint density at radius 1 is 1.32 bits per heavy atom. The molecule has 1 atom stereocenters. The van der Waals surface area contributed by atoms with Crippen molar-refractivity contribution in [1.29, 1.82) is 0 Å². The van der Waals surface area contributed by atoms with Crippen LogP contribution in [0.3, 0.4) is 0 Å². The maximum atomic E-state index is 15.5. The Morgan fingerprint density at radius 2 is 2.11 bits per heavy atom. The van der Waals surface area contributed by atoms with Crippen molar-refractivity contribution in [3.63, 3.8) is 0 Å². The lowest BCUT2D eigenvalue weighted by Gasteiger charge is -2.35. The molecule has 0 radical (unpaired) electrons. The van der Waals surface area contributed by atoms with Crippen LogP contribution in [0.2, 0.25) is 0 Å². The van der Waals surface area contributed by atoms with E-state index in [0.717, 1.165) is 12.5 Å². The van der Waals surface area contributed by atoms with E-state index in [1.165, 1.54) is 35.2 Å². The number of rotatable bonds is 7. The molecule has 4 N–H and O–H groups in total. The molecule has 200 valence electrons. The third-order valence-corrected chi connectivity index (χ3v) is 6.20. The molecule has 0 spiro atoms. The number of phenols is 1. The highest BCUT2D eigenvalue weighted by atomic mass is 19.1. The standard InChI is InChI=1S/C27H31F2N7O2/c1-4-6-18(32-10-9-16(2)30)15-36-25-19(26(34-27(36)38)35-12-11-31-14-17(35)3)13-21(29)24(33-25)23-20(28)7-5-8-22(23)37/h5,7-10,13,15,17,31,37H,4,6,11-12,14,30H2,1-3H3/b16-9-,18-15+,32-10-/t17-/m0/s1. The summed E-state index contributed by atoms with van der Waals surface area (Å²) in [5.41, 5.74) is 5.42. The maximum Gasteiger partial charge on any atom is 0.355 e. The summed E-state index contributed by atoms with van der Waals surface area (Å²) in [5.74, 6) is -1.87. The van der Waals surface area contributed by atoms with Gasteiger partial charge in [-0.05, 0) is 44.5 Å². The Kier molecular flexibility index (Phi) is 8.16. The van der Waals surface area contributed by atoms with Crippen molar-refractivity contribution in [2.24, 2.45) is 10.7 Å². The number of nitrogens with zero attached hydrogens (tertiary/aromatic N) is 5. The first-order valence-electron chi connectivity index (χ1n) is 12.5. The smallest absolute Gasteiger partial charge is 0.355 e. The lowest BCUT2D eigenvalue weighted by molar-refractivity contribution is 0.470. The topological polar surface area (TPSA) is 122 Å². The number of anilines is 1. The fourth-order valence-electron chi connectivity index (χ4n) is 4.35. The minimum Gasteiger partial charge on any atom is -0.507 e. The van der Waals surface area contributed by atoms with Gasteiger partial charge in [0.25, 0.3) is 0 Å². The van der Waals surface area contributed by atoms with Crippen LogP contribution in [0.4, 0.5) is 14.6 Å². The molecule has 11 heteroatoms. The third kappa shape index (κ3) is 5.57. The van der Waals surface area contributed by atoms with Crippen LogP contribution in [0.25, 0.3) is 28.5 Å². The van der Waals surface area contributed by atoms with Gasteiger partial charge in [0.05, 0.1) is 16.6 Å². The second kappa shape index (κ2) is 11.5.